The molecule has 0 aliphatic rings. The Hall–Kier alpha value is -2.42. The van der Waals surface area contributed by atoms with Crippen LogP contribution in [0.25, 0.3) is 0 Å². The van der Waals surface area contributed by atoms with Gasteiger partial charge in [-0.1, -0.05) is 0 Å². The van der Waals surface area contributed by atoms with Gasteiger partial charge in [-0.25, -0.2) is 9.59 Å². The number of carbonyl (C=O) groups is 4. The Morgan fingerprint density at radius 1 is 1.00 bits per heavy atom. The molecule has 9 nitrogen and oxygen atoms in total. The van der Waals surface area contributed by atoms with Crippen molar-refractivity contribution in [3.63, 3.8) is 0 Å². The quantitative estimate of drug-likeness (QED) is 0.343. The van der Waals surface area contributed by atoms with Crippen molar-refractivity contribution < 1.29 is 34.5 Å². The van der Waals surface area contributed by atoms with E-state index in [-0.39, 0.29) is 13.1 Å². The molecule has 0 aliphatic heterocycles. The van der Waals surface area contributed by atoms with Crippen LogP contribution >= 0.6 is 0 Å². The number of nitrogens with one attached hydrogen (secondary N) is 1. The van der Waals surface area contributed by atoms with Crippen LogP contribution in [0.4, 0.5) is 0 Å². The molecule has 0 saturated heterocycles. The highest BCUT2D eigenvalue weighted by Gasteiger charge is 1.98. The van der Waals surface area contributed by atoms with Crippen molar-refractivity contribution in [3.8, 4) is 0 Å². The van der Waals surface area contributed by atoms with Crippen molar-refractivity contribution in [2.75, 3.05) is 13.1 Å². The molecule has 0 saturated carbocycles. The average molecular weight is 248 g/mol. The van der Waals surface area contributed by atoms with Gasteiger partial charge in [-0.05, 0) is 0 Å². The Kier molecular flexibility index (Phi) is 10.1. The number of carboxylic acids is 3. The maximum absolute atomic E-state index is 10.2. The molecule has 0 fully saturated rings. The fourth-order valence-electron chi connectivity index (χ4n) is 0.389. The Bertz CT molecular complexity index is 308. The summed E-state index contributed by atoms with van der Waals surface area (Å²) in [5.41, 5.74) is 4.85. The predicted molar refractivity (Wildman–Crippen MR) is 54.1 cm³/mol. The minimum atomic E-state index is -1.26. The number of aliphatic carboxylic acids is 3. The van der Waals surface area contributed by atoms with Crippen molar-refractivity contribution in [1.82, 2.24) is 5.32 Å². The number of rotatable bonds is 5. The van der Waals surface area contributed by atoms with Crippen molar-refractivity contribution in [2.24, 2.45) is 5.73 Å². The van der Waals surface area contributed by atoms with Crippen LogP contribution in [0.5, 0.6) is 0 Å². The topological polar surface area (TPSA) is 167 Å². The second-order valence-electron chi connectivity index (χ2n) is 2.38. The third-order valence-corrected chi connectivity index (χ3v) is 0.991. The van der Waals surface area contributed by atoms with Crippen LogP contribution in [-0.2, 0) is 19.2 Å². The zero-order valence-electron chi connectivity index (χ0n) is 8.62. The lowest BCUT2D eigenvalue weighted by molar-refractivity contribution is -0.137. The molecule has 96 valence electrons. The van der Waals surface area contributed by atoms with E-state index in [0.717, 1.165) is 0 Å². The van der Waals surface area contributed by atoms with E-state index in [4.69, 9.17) is 21.1 Å². The van der Waals surface area contributed by atoms with Crippen LogP contribution < -0.4 is 11.1 Å². The molecular weight excluding hydrogens is 236 g/mol. The van der Waals surface area contributed by atoms with Gasteiger partial charge in [0.2, 0.25) is 5.91 Å². The van der Waals surface area contributed by atoms with Crippen LogP contribution in [0, 0.1) is 0 Å². The molecule has 0 aromatic heterocycles. The second kappa shape index (κ2) is 10.1. The summed E-state index contributed by atoms with van der Waals surface area (Å²) in [6.45, 7) is -0.538. The van der Waals surface area contributed by atoms with E-state index in [2.05, 4.69) is 5.32 Å². The molecule has 0 aliphatic carbocycles. The van der Waals surface area contributed by atoms with Gasteiger partial charge in [-0.3, -0.25) is 9.59 Å². The smallest absolute Gasteiger partial charge is 0.328 e. The fourth-order valence-corrected chi connectivity index (χ4v) is 0.389. The van der Waals surface area contributed by atoms with Gasteiger partial charge in [0.1, 0.15) is 6.54 Å². The highest BCUT2D eigenvalue weighted by molar-refractivity contribution is 5.89. The summed E-state index contributed by atoms with van der Waals surface area (Å²) in [6.07, 6.45) is 1.12. The van der Waals surface area contributed by atoms with Crippen molar-refractivity contribution in [3.05, 3.63) is 12.2 Å². The Labute approximate surface area is 95.5 Å². The molecule has 0 bridgehead atoms. The van der Waals surface area contributed by atoms with E-state index in [1.54, 1.807) is 0 Å². The van der Waals surface area contributed by atoms with Gasteiger partial charge in [0.15, 0.2) is 0 Å². The molecule has 0 aromatic carbocycles. The number of amides is 1. The lowest BCUT2D eigenvalue weighted by Gasteiger charge is -1.95. The van der Waals surface area contributed by atoms with Gasteiger partial charge in [0.05, 0.1) is 6.54 Å². The van der Waals surface area contributed by atoms with E-state index < -0.39 is 23.8 Å². The molecule has 0 heterocycles. The van der Waals surface area contributed by atoms with Crippen molar-refractivity contribution >= 4 is 23.8 Å². The summed E-state index contributed by atoms with van der Waals surface area (Å²) in [7, 11) is 0. The number of nitrogens with two attached hydrogens (primary N) is 1. The van der Waals surface area contributed by atoms with Gasteiger partial charge in [0, 0.05) is 12.2 Å². The van der Waals surface area contributed by atoms with Crippen LogP contribution in [-0.4, -0.2) is 52.2 Å². The van der Waals surface area contributed by atoms with Crippen LogP contribution in [0.2, 0.25) is 0 Å². The minimum Gasteiger partial charge on any atom is -0.480 e. The van der Waals surface area contributed by atoms with Gasteiger partial charge < -0.3 is 26.4 Å². The van der Waals surface area contributed by atoms with Crippen molar-refractivity contribution in [1.29, 1.82) is 0 Å². The van der Waals surface area contributed by atoms with Gasteiger partial charge in [-0.2, -0.15) is 0 Å². The zero-order valence-corrected chi connectivity index (χ0v) is 8.62. The largest absolute Gasteiger partial charge is 0.480 e. The molecular formula is C8H12N2O7. The first-order chi connectivity index (χ1) is 7.79. The molecule has 0 radical (unpaired) electrons. The maximum Gasteiger partial charge on any atom is 0.328 e. The van der Waals surface area contributed by atoms with Gasteiger partial charge >= 0.3 is 17.9 Å². The lowest BCUT2D eigenvalue weighted by Crippen LogP contribution is -2.34. The second-order valence-corrected chi connectivity index (χ2v) is 2.38. The standard InChI is InChI=1S/C4H8N2O3.C4H4O4/c5-1-3(7)6-2-4(8)9;5-3(6)1-2-4(7)8/h1-2,5H2,(H,6,7)(H,8,9);1-2H,(H,5,6)(H,7,8). The Morgan fingerprint density at radius 2 is 1.41 bits per heavy atom. The van der Waals surface area contributed by atoms with Crippen molar-refractivity contribution in [2.45, 2.75) is 0 Å². The molecule has 0 aromatic rings. The molecule has 0 unspecified atom stereocenters. The first-order valence-electron chi connectivity index (χ1n) is 4.12. The SMILES string of the molecule is NCC(=O)NCC(=O)O.O=C(O)C=CC(=O)O. The normalized spacial score (nSPS) is 9.00. The minimum absolute atomic E-state index is 0.173. The van der Waals surface area contributed by atoms with Crippen LogP contribution in [0.3, 0.4) is 0 Å². The third-order valence-electron chi connectivity index (χ3n) is 0.991. The number of carboxylic acid groups (broad SMARTS) is 3. The number of hydrogen-bond donors (Lipinski definition) is 5. The predicted octanol–water partition coefficient (Wildman–Crippen LogP) is -2.14. The number of carbonyl (C=O) groups excluding carboxylic acids is 1. The van der Waals surface area contributed by atoms with E-state index in [0.29, 0.717) is 12.2 Å². The Balaban J connectivity index is 0. The van der Waals surface area contributed by atoms with E-state index in [9.17, 15) is 19.2 Å². The van der Waals surface area contributed by atoms with Crippen LogP contribution in [0.1, 0.15) is 0 Å². The summed E-state index contributed by atoms with van der Waals surface area (Å²) in [5, 5.41) is 25.7. The van der Waals surface area contributed by atoms with E-state index in [1.807, 2.05) is 0 Å². The van der Waals surface area contributed by atoms with E-state index in [1.165, 1.54) is 0 Å². The summed E-state index contributed by atoms with van der Waals surface area (Å²) in [4.78, 5) is 39.1. The monoisotopic (exact) mass is 248 g/mol. The maximum atomic E-state index is 10.2. The molecule has 6 N–H and O–H groups in total. The third kappa shape index (κ3) is 19.8. The van der Waals surface area contributed by atoms with Gasteiger partial charge in [-0.15, -0.1) is 0 Å². The summed E-state index contributed by atoms with van der Waals surface area (Å²) in [5.74, 6) is -4.05. The van der Waals surface area contributed by atoms with Crippen LogP contribution in [0.15, 0.2) is 12.2 Å². The highest BCUT2D eigenvalue weighted by atomic mass is 16.4. The molecule has 17 heavy (non-hydrogen) atoms. The highest BCUT2D eigenvalue weighted by Crippen LogP contribution is 1.70. The summed E-state index contributed by atoms with van der Waals surface area (Å²) in [6, 6.07) is 0. The van der Waals surface area contributed by atoms with E-state index >= 15 is 0 Å². The molecule has 1 amide bonds. The fraction of sp³-hybridized carbons (Fsp3) is 0.250. The first-order valence-corrected chi connectivity index (χ1v) is 4.12. The molecule has 9 heteroatoms. The molecule has 0 rings (SSSR count). The number of hydrogen-bond acceptors (Lipinski definition) is 5. The molecule has 0 atom stereocenters. The zero-order chi connectivity index (χ0) is 13.8. The average Bonchev–Trinajstić information content (AvgIpc) is 2.23. The first kappa shape index (κ1) is 17.0. The summed E-state index contributed by atoms with van der Waals surface area (Å²) >= 11 is 0. The van der Waals surface area contributed by atoms with Gasteiger partial charge in [0.25, 0.3) is 0 Å². The summed E-state index contributed by atoms with van der Waals surface area (Å²) < 4.78 is 0. The molecule has 0 spiro atoms. The lowest BCUT2D eigenvalue weighted by atomic mass is 10.5. The Morgan fingerprint density at radius 3 is 1.65 bits per heavy atom.